The van der Waals surface area contributed by atoms with Crippen molar-refractivity contribution in [2.24, 2.45) is 0 Å². The SMILES string of the molecule is CN(C(=O)O)[C@@H](C(=O)N1CCC[C@H]1c1ncc(-c2ccc(-c3ccc(-c4cnc([C@@H]5CCCN5C(=O)C(c5ccccc5)c5ccccc5)[nH]4)cc3)cc2)[nH]1)c1ccccc1. The zero-order valence-electron chi connectivity index (χ0n) is 33.9. The van der Waals surface area contributed by atoms with Gasteiger partial charge in [0.2, 0.25) is 5.91 Å². The third-order valence-electron chi connectivity index (χ3n) is 12.2. The van der Waals surface area contributed by atoms with Crippen LogP contribution in [0.5, 0.6) is 0 Å². The third kappa shape index (κ3) is 7.94. The number of carboxylic acid groups (broad SMARTS) is 1. The van der Waals surface area contributed by atoms with Crippen molar-refractivity contribution in [2.45, 2.75) is 49.7 Å². The van der Waals surface area contributed by atoms with Gasteiger partial charge in [0.25, 0.3) is 5.91 Å². The van der Waals surface area contributed by atoms with Gasteiger partial charge in [-0.15, -0.1) is 0 Å². The van der Waals surface area contributed by atoms with Crippen LogP contribution in [0.3, 0.4) is 0 Å². The van der Waals surface area contributed by atoms with Crippen LogP contribution in [0, 0.1) is 0 Å². The minimum Gasteiger partial charge on any atom is -0.465 e. The molecule has 2 aliphatic heterocycles. The zero-order valence-corrected chi connectivity index (χ0v) is 33.9. The van der Waals surface area contributed by atoms with E-state index in [2.05, 4.69) is 58.5 Å². The highest BCUT2D eigenvalue weighted by molar-refractivity contribution is 5.88. The second kappa shape index (κ2) is 17.1. The van der Waals surface area contributed by atoms with Crippen molar-refractivity contribution in [1.82, 2.24) is 34.6 Å². The Hall–Kier alpha value is -7.27. The van der Waals surface area contributed by atoms with Crippen molar-refractivity contribution < 1.29 is 19.5 Å². The van der Waals surface area contributed by atoms with E-state index >= 15 is 0 Å². The quantitative estimate of drug-likeness (QED) is 0.119. The first-order valence-corrected chi connectivity index (χ1v) is 20.9. The summed E-state index contributed by atoms with van der Waals surface area (Å²) in [4.78, 5) is 61.7. The lowest BCUT2D eigenvalue weighted by Crippen LogP contribution is -2.43. The summed E-state index contributed by atoms with van der Waals surface area (Å²) >= 11 is 0. The Balaban J connectivity index is 0.872. The maximum Gasteiger partial charge on any atom is 0.407 e. The van der Waals surface area contributed by atoms with Crippen LogP contribution >= 0.6 is 0 Å². The molecule has 2 saturated heterocycles. The molecule has 2 fully saturated rings. The standard InChI is InChI=1S/C50H47N7O4/c1-55(50(60)61)45(39-17-9-4-10-18-39)49(59)57-30-12-20-43(57)47-52-32-41(54-47)36-27-23-34(24-28-36)33-21-25-35(26-22-33)40-31-51-46(53-40)42-19-11-29-56(42)48(58)44(37-13-5-2-6-14-37)38-15-7-3-8-16-38/h2-10,13-18,21-28,31-32,42-45H,11-12,19-20,29-30H2,1H3,(H,51,53)(H,52,54)(H,60,61)/t42-,43-,45+/m0/s1. The van der Waals surface area contributed by atoms with Gasteiger partial charge in [-0.1, -0.05) is 140 Å². The summed E-state index contributed by atoms with van der Waals surface area (Å²) in [7, 11) is 1.44. The largest absolute Gasteiger partial charge is 0.465 e. The summed E-state index contributed by atoms with van der Waals surface area (Å²) in [5.74, 6) is 0.933. The number of H-pyrrole nitrogens is 2. The number of hydrogen-bond acceptors (Lipinski definition) is 5. The summed E-state index contributed by atoms with van der Waals surface area (Å²) in [5.41, 5.74) is 8.45. The van der Waals surface area contributed by atoms with Crippen molar-refractivity contribution in [3.8, 4) is 33.6 Å². The first kappa shape index (κ1) is 39.2. The van der Waals surface area contributed by atoms with Gasteiger partial charge < -0.3 is 24.9 Å². The molecular formula is C50H47N7O4. The maximum absolute atomic E-state index is 14.3. The average Bonchev–Trinajstić information content (AvgIpc) is 4.15. The average molecular weight is 810 g/mol. The molecule has 5 aromatic carbocycles. The van der Waals surface area contributed by atoms with Gasteiger partial charge in [0, 0.05) is 20.1 Å². The number of likely N-dealkylation sites (N-methyl/N-ethyl adjacent to an activating group) is 1. The minimum atomic E-state index is -1.16. The molecule has 2 aromatic heterocycles. The molecular weight excluding hydrogens is 763 g/mol. The van der Waals surface area contributed by atoms with Gasteiger partial charge in [-0.3, -0.25) is 14.5 Å². The Morgan fingerprint density at radius 2 is 0.967 bits per heavy atom. The second-order valence-corrected chi connectivity index (χ2v) is 15.9. The van der Waals surface area contributed by atoms with Gasteiger partial charge in [-0.25, -0.2) is 14.8 Å². The fourth-order valence-electron chi connectivity index (χ4n) is 8.99. The lowest BCUT2D eigenvalue weighted by Gasteiger charge is -2.32. The molecule has 0 unspecified atom stereocenters. The molecule has 2 aliphatic rings. The molecule has 3 amide bonds. The van der Waals surface area contributed by atoms with E-state index in [1.165, 1.54) is 7.05 Å². The molecule has 9 rings (SSSR count). The molecule has 7 aromatic rings. The molecule has 3 atom stereocenters. The van der Waals surface area contributed by atoms with Gasteiger partial charge in [0.05, 0.1) is 41.8 Å². The van der Waals surface area contributed by atoms with Crippen molar-refractivity contribution >= 4 is 17.9 Å². The summed E-state index contributed by atoms with van der Waals surface area (Å²) in [6, 6.07) is 44.4. The molecule has 0 aliphatic carbocycles. The highest BCUT2D eigenvalue weighted by Gasteiger charge is 2.39. The van der Waals surface area contributed by atoms with Gasteiger partial charge in [0.1, 0.15) is 17.7 Å². The number of carbonyl (C=O) groups is 3. The molecule has 0 saturated carbocycles. The number of amides is 3. The Kier molecular flexibility index (Phi) is 11.0. The molecule has 61 heavy (non-hydrogen) atoms. The van der Waals surface area contributed by atoms with Crippen molar-refractivity contribution in [3.63, 3.8) is 0 Å². The fourth-order valence-corrected chi connectivity index (χ4v) is 8.99. The van der Waals surface area contributed by atoms with Crippen LogP contribution < -0.4 is 0 Å². The molecule has 11 heteroatoms. The van der Waals surface area contributed by atoms with E-state index in [4.69, 9.17) is 9.97 Å². The predicted molar refractivity (Wildman–Crippen MR) is 234 cm³/mol. The number of likely N-dealkylation sites (tertiary alicyclic amines) is 2. The monoisotopic (exact) mass is 809 g/mol. The summed E-state index contributed by atoms with van der Waals surface area (Å²) in [6.45, 7) is 1.21. The number of hydrogen-bond donors (Lipinski definition) is 3. The molecule has 11 nitrogen and oxygen atoms in total. The minimum absolute atomic E-state index is 0.0912. The number of nitrogens with zero attached hydrogens (tertiary/aromatic N) is 5. The van der Waals surface area contributed by atoms with Crippen LogP contribution in [0.1, 0.15) is 78.1 Å². The Labute approximate surface area is 354 Å². The maximum atomic E-state index is 14.3. The Bertz CT molecular complexity index is 2570. The van der Waals surface area contributed by atoms with Gasteiger partial charge in [-0.2, -0.15) is 0 Å². The van der Waals surface area contributed by atoms with Crippen molar-refractivity contribution in [2.75, 3.05) is 20.1 Å². The summed E-state index contributed by atoms with van der Waals surface area (Å²) < 4.78 is 0. The smallest absolute Gasteiger partial charge is 0.407 e. The predicted octanol–water partition coefficient (Wildman–Crippen LogP) is 9.64. The van der Waals surface area contributed by atoms with E-state index in [9.17, 15) is 19.5 Å². The highest BCUT2D eigenvalue weighted by Crippen LogP contribution is 2.38. The van der Waals surface area contributed by atoms with Gasteiger partial charge in [0.15, 0.2) is 0 Å². The third-order valence-corrected chi connectivity index (χ3v) is 12.2. The van der Waals surface area contributed by atoms with E-state index in [0.717, 1.165) is 81.2 Å². The first-order chi connectivity index (χ1) is 29.8. The fraction of sp³-hybridized carbons (Fsp3) is 0.220. The van der Waals surface area contributed by atoms with E-state index < -0.39 is 12.1 Å². The van der Waals surface area contributed by atoms with Crippen LogP contribution in [0.15, 0.2) is 152 Å². The molecule has 4 heterocycles. The Morgan fingerprint density at radius 3 is 1.39 bits per heavy atom. The number of carbonyl (C=O) groups excluding carboxylic acids is 2. The number of imidazole rings is 2. The number of benzene rings is 5. The van der Waals surface area contributed by atoms with E-state index in [-0.39, 0.29) is 29.8 Å². The van der Waals surface area contributed by atoms with E-state index in [0.29, 0.717) is 24.5 Å². The Morgan fingerprint density at radius 1 is 0.574 bits per heavy atom. The lowest BCUT2D eigenvalue weighted by atomic mass is 9.90. The summed E-state index contributed by atoms with van der Waals surface area (Å²) in [6.07, 6.45) is 5.79. The topological polar surface area (TPSA) is 139 Å². The second-order valence-electron chi connectivity index (χ2n) is 15.9. The lowest BCUT2D eigenvalue weighted by molar-refractivity contribution is -0.137. The molecule has 3 N–H and O–H groups in total. The van der Waals surface area contributed by atoms with Crippen LogP contribution in [0.2, 0.25) is 0 Å². The van der Waals surface area contributed by atoms with Crippen LogP contribution in [-0.2, 0) is 9.59 Å². The molecule has 306 valence electrons. The number of rotatable bonds is 11. The molecule has 0 bridgehead atoms. The van der Waals surface area contributed by atoms with Crippen molar-refractivity contribution in [1.29, 1.82) is 0 Å². The van der Waals surface area contributed by atoms with Gasteiger partial charge >= 0.3 is 6.09 Å². The van der Waals surface area contributed by atoms with Crippen molar-refractivity contribution in [3.05, 3.63) is 180 Å². The first-order valence-electron chi connectivity index (χ1n) is 20.9. The normalized spacial score (nSPS) is 16.8. The number of aromatic amines is 2. The van der Waals surface area contributed by atoms with E-state index in [1.54, 1.807) is 23.2 Å². The van der Waals surface area contributed by atoms with Crippen LogP contribution in [0.25, 0.3) is 33.6 Å². The summed E-state index contributed by atoms with van der Waals surface area (Å²) in [5, 5.41) is 9.81. The van der Waals surface area contributed by atoms with E-state index in [1.807, 2.05) is 90.0 Å². The van der Waals surface area contributed by atoms with Crippen LogP contribution in [-0.4, -0.2) is 77.8 Å². The molecule has 0 radical (unpaired) electrons. The number of aromatic nitrogens is 4. The highest BCUT2D eigenvalue weighted by atomic mass is 16.4. The van der Waals surface area contributed by atoms with Gasteiger partial charge in [-0.05, 0) is 64.6 Å². The molecule has 0 spiro atoms. The number of nitrogens with one attached hydrogen (secondary N) is 2. The zero-order chi connectivity index (χ0) is 41.9. The van der Waals surface area contributed by atoms with Crippen LogP contribution in [0.4, 0.5) is 4.79 Å².